The van der Waals surface area contributed by atoms with Crippen molar-refractivity contribution < 1.29 is 15.0 Å². The summed E-state index contributed by atoms with van der Waals surface area (Å²) in [6.45, 7) is 6.20. The average molecular weight is 248 g/mol. The lowest BCUT2D eigenvalue weighted by Crippen LogP contribution is -2.14. The molecule has 1 aromatic carbocycles. The van der Waals surface area contributed by atoms with Gasteiger partial charge in [-0.05, 0) is 42.9 Å². The lowest BCUT2D eigenvalue weighted by atomic mass is 9.86. The van der Waals surface area contributed by atoms with E-state index in [0.29, 0.717) is 5.92 Å². The van der Waals surface area contributed by atoms with Gasteiger partial charge in [0, 0.05) is 11.0 Å². The van der Waals surface area contributed by atoms with Crippen molar-refractivity contribution in [3.05, 3.63) is 28.8 Å². The molecule has 0 atom stereocenters. The van der Waals surface area contributed by atoms with Crippen LogP contribution in [0.2, 0.25) is 0 Å². The summed E-state index contributed by atoms with van der Waals surface area (Å²) in [5.41, 5.74) is 2.75. The number of hydrogen-bond donors (Lipinski definition) is 2. The molecule has 0 saturated heterocycles. The van der Waals surface area contributed by atoms with E-state index in [-0.39, 0.29) is 17.6 Å². The Labute approximate surface area is 107 Å². The molecule has 2 N–H and O–H groups in total. The largest absolute Gasteiger partial charge is 0.508 e. The highest BCUT2D eigenvalue weighted by Crippen LogP contribution is 2.54. The molecule has 0 aromatic heterocycles. The molecule has 3 nitrogen and oxygen atoms in total. The van der Waals surface area contributed by atoms with E-state index >= 15 is 0 Å². The first-order chi connectivity index (χ1) is 8.35. The Bertz CT molecular complexity index is 485. The Morgan fingerprint density at radius 2 is 2.00 bits per heavy atom. The van der Waals surface area contributed by atoms with E-state index in [1.54, 1.807) is 6.07 Å². The van der Waals surface area contributed by atoms with Crippen molar-refractivity contribution in [1.29, 1.82) is 0 Å². The maximum atomic E-state index is 10.9. The molecule has 0 bridgehead atoms. The Kier molecular flexibility index (Phi) is 3.09. The highest BCUT2D eigenvalue weighted by molar-refractivity contribution is 5.70. The van der Waals surface area contributed by atoms with Gasteiger partial charge in [-0.25, -0.2) is 0 Å². The summed E-state index contributed by atoms with van der Waals surface area (Å²) in [5.74, 6) is -0.167. The zero-order valence-corrected chi connectivity index (χ0v) is 11.2. The smallest absolute Gasteiger partial charge is 0.304 e. The summed E-state index contributed by atoms with van der Waals surface area (Å²) in [6, 6.07) is 3.78. The maximum Gasteiger partial charge on any atom is 0.304 e. The molecule has 0 heterocycles. The minimum absolute atomic E-state index is 0.112. The highest BCUT2D eigenvalue weighted by atomic mass is 16.4. The van der Waals surface area contributed by atoms with Crippen LogP contribution < -0.4 is 0 Å². The van der Waals surface area contributed by atoms with E-state index < -0.39 is 5.97 Å². The van der Waals surface area contributed by atoms with Gasteiger partial charge < -0.3 is 10.2 Å². The van der Waals surface area contributed by atoms with E-state index in [1.807, 2.05) is 13.0 Å². The summed E-state index contributed by atoms with van der Waals surface area (Å²) in [6.07, 6.45) is 1.82. The molecule has 1 fully saturated rings. The van der Waals surface area contributed by atoms with Gasteiger partial charge in [-0.1, -0.05) is 19.9 Å². The van der Waals surface area contributed by atoms with E-state index in [4.69, 9.17) is 5.11 Å². The topological polar surface area (TPSA) is 57.5 Å². The molecular formula is C15H20O3. The SMILES string of the molecule is Cc1cc(O)c(C2(CC(=O)O)CC2)cc1C(C)C. The van der Waals surface area contributed by atoms with Crippen LogP contribution in [0.5, 0.6) is 5.75 Å². The molecule has 3 heteroatoms. The summed E-state index contributed by atoms with van der Waals surface area (Å²) in [4.78, 5) is 10.9. The number of carboxylic acids is 1. The molecule has 1 aromatic rings. The monoisotopic (exact) mass is 248 g/mol. The Morgan fingerprint density at radius 1 is 1.39 bits per heavy atom. The van der Waals surface area contributed by atoms with Crippen molar-refractivity contribution in [2.45, 2.75) is 51.4 Å². The van der Waals surface area contributed by atoms with Crippen molar-refractivity contribution in [3.8, 4) is 5.75 Å². The van der Waals surface area contributed by atoms with E-state index in [1.165, 1.54) is 5.56 Å². The molecule has 2 rings (SSSR count). The van der Waals surface area contributed by atoms with Crippen LogP contribution in [-0.4, -0.2) is 16.2 Å². The van der Waals surface area contributed by atoms with Crippen molar-refractivity contribution in [2.24, 2.45) is 0 Å². The lowest BCUT2D eigenvalue weighted by Gasteiger charge is -2.19. The first-order valence-corrected chi connectivity index (χ1v) is 6.41. The van der Waals surface area contributed by atoms with Gasteiger partial charge in [-0.2, -0.15) is 0 Å². The number of rotatable bonds is 4. The second-order valence-corrected chi connectivity index (χ2v) is 5.73. The average Bonchev–Trinajstić information content (AvgIpc) is 2.96. The van der Waals surface area contributed by atoms with Gasteiger partial charge in [0.25, 0.3) is 0 Å². The standard InChI is InChI=1S/C15H20O3/c1-9(2)11-7-12(13(16)6-10(11)3)15(4-5-15)8-14(17)18/h6-7,9,16H,4-5,8H2,1-3H3,(H,17,18). The van der Waals surface area contributed by atoms with Crippen LogP contribution >= 0.6 is 0 Å². The number of carbonyl (C=O) groups is 1. The fraction of sp³-hybridized carbons (Fsp3) is 0.533. The molecule has 0 radical (unpaired) electrons. The number of benzene rings is 1. The number of hydrogen-bond acceptors (Lipinski definition) is 2. The highest BCUT2D eigenvalue weighted by Gasteiger charge is 2.47. The Balaban J connectivity index is 2.45. The van der Waals surface area contributed by atoms with E-state index in [9.17, 15) is 9.90 Å². The number of aromatic hydroxyl groups is 1. The molecular weight excluding hydrogens is 228 g/mol. The van der Waals surface area contributed by atoms with Gasteiger partial charge in [-0.15, -0.1) is 0 Å². The molecule has 98 valence electrons. The second-order valence-electron chi connectivity index (χ2n) is 5.73. The fourth-order valence-electron chi connectivity index (χ4n) is 2.74. The van der Waals surface area contributed by atoms with E-state index in [2.05, 4.69) is 13.8 Å². The predicted octanol–water partition coefficient (Wildman–Crippen LogP) is 3.33. The third-order valence-electron chi connectivity index (χ3n) is 3.92. The van der Waals surface area contributed by atoms with Gasteiger partial charge >= 0.3 is 5.97 Å². The van der Waals surface area contributed by atoms with Crippen LogP contribution in [0.3, 0.4) is 0 Å². The summed E-state index contributed by atoms with van der Waals surface area (Å²) in [5, 5.41) is 19.1. The minimum atomic E-state index is -0.793. The number of carboxylic acid groups (broad SMARTS) is 1. The molecule has 1 saturated carbocycles. The van der Waals surface area contributed by atoms with E-state index in [0.717, 1.165) is 24.0 Å². The minimum Gasteiger partial charge on any atom is -0.508 e. The molecule has 0 amide bonds. The number of aryl methyl sites for hydroxylation is 1. The number of aliphatic carboxylic acids is 1. The zero-order chi connectivity index (χ0) is 13.5. The lowest BCUT2D eigenvalue weighted by molar-refractivity contribution is -0.137. The molecule has 0 aliphatic heterocycles. The van der Waals surface area contributed by atoms with Crippen LogP contribution in [-0.2, 0) is 10.2 Å². The van der Waals surface area contributed by atoms with Gasteiger partial charge in [0.1, 0.15) is 5.75 Å². The maximum absolute atomic E-state index is 10.9. The molecule has 1 aliphatic carbocycles. The molecule has 0 unspecified atom stereocenters. The normalized spacial score (nSPS) is 16.9. The van der Waals surface area contributed by atoms with Crippen molar-refractivity contribution in [2.75, 3.05) is 0 Å². The zero-order valence-electron chi connectivity index (χ0n) is 11.2. The first-order valence-electron chi connectivity index (χ1n) is 6.41. The molecule has 1 aliphatic rings. The Hall–Kier alpha value is -1.51. The predicted molar refractivity (Wildman–Crippen MR) is 70.1 cm³/mol. The molecule has 0 spiro atoms. The van der Waals surface area contributed by atoms with Gasteiger partial charge in [0.2, 0.25) is 0 Å². The number of phenolic OH excluding ortho intramolecular Hbond substituents is 1. The summed E-state index contributed by atoms with van der Waals surface area (Å²) < 4.78 is 0. The van der Waals surface area contributed by atoms with Crippen molar-refractivity contribution in [3.63, 3.8) is 0 Å². The Morgan fingerprint density at radius 3 is 2.44 bits per heavy atom. The number of phenols is 1. The van der Waals surface area contributed by atoms with Gasteiger partial charge in [0.05, 0.1) is 6.42 Å². The first kappa shape index (κ1) is 12.9. The summed E-state index contributed by atoms with van der Waals surface area (Å²) >= 11 is 0. The van der Waals surface area contributed by atoms with Crippen molar-refractivity contribution >= 4 is 5.97 Å². The van der Waals surface area contributed by atoms with Crippen LogP contribution in [0.4, 0.5) is 0 Å². The molecule has 18 heavy (non-hydrogen) atoms. The van der Waals surface area contributed by atoms with Crippen LogP contribution in [0, 0.1) is 6.92 Å². The summed E-state index contributed by atoms with van der Waals surface area (Å²) in [7, 11) is 0. The quantitative estimate of drug-likeness (QED) is 0.859. The van der Waals surface area contributed by atoms with Gasteiger partial charge in [-0.3, -0.25) is 4.79 Å². The van der Waals surface area contributed by atoms with Crippen LogP contribution in [0.1, 0.15) is 55.7 Å². The van der Waals surface area contributed by atoms with Crippen LogP contribution in [0.15, 0.2) is 12.1 Å². The fourth-order valence-corrected chi connectivity index (χ4v) is 2.74. The second kappa shape index (κ2) is 4.30. The van der Waals surface area contributed by atoms with Gasteiger partial charge in [0.15, 0.2) is 0 Å². The van der Waals surface area contributed by atoms with Crippen LogP contribution in [0.25, 0.3) is 0 Å². The van der Waals surface area contributed by atoms with Crippen molar-refractivity contribution in [1.82, 2.24) is 0 Å². The third-order valence-corrected chi connectivity index (χ3v) is 3.92. The third kappa shape index (κ3) is 2.22.